The molecule has 0 bridgehead atoms. The summed E-state index contributed by atoms with van der Waals surface area (Å²) in [6, 6.07) is 15.2. The van der Waals surface area contributed by atoms with Gasteiger partial charge in [-0.25, -0.2) is 13.4 Å². The highest BCUT2D eigenvalue weighted by molar-refractivity contribution is 7.91. The Balaban J connectivity index is 1.36. The van der Waals surface area contributed by atoms with Gasteiger partial charge in [-0.3, -0.25) is 0 Å². The lowest BCUT2D eigenvalue weighted by molar-refractivity contribution is 0.176. The summed E-state index contributed by atoms with van der Waals surface area (Å²) in [5.41, 5.74) is 2.92. The number of aliphatic hydroxyl groups excluding tert-OH is 2. The zero-order valence-electron chi connectivity index (χ0n) is 19.7. The average Bonchev–Trinajstić information content (AvgIpc) is 3.35. The maximum atomic E-state index is 11.6. The Morgan fingerprint density at radius 2 is 1.71 bits per heavy atom. The highest BCUT2D eigenvalue weighted by Crippen LogP contribution is 2.25. The molecular formula is C27H30N2O5S. The molecule has 1 fully saturated rings. The van der Waals surface area contributed by atoms with Crippen LogP contribution < -0.4 is 4.74 Å². The normalized spacial score (nSPS) is 17.2. The fraction of sp³-hybridized carbons (Fsp3) is 0.370. The van der Waals surface area contributed by atoms with Crippen molar-refractivity contribution >= 4 is 9.84 Å². The first kappa shape index (κ1) is 25.0. The molecule has 1 aliphatic heterocycles. The number of hydrogen-bond donors (Lipinski definition) is 2. The largest absolute Gasteiger partial charge is 0.493 e. The van der Waals surface area contributed by atoms with Gasteiger partial charge in [0.1, 0.15) is 33.6 Å². The quantitative estimate of drug-likeness (QED) is 0.488. The number of nitrogens with zero attached hydrogens (tertiary/aromatic N) is 2. The van der Waals surface area contributed by atoms with Crippen LogP contribution in [0, 0.1) is 17.8 Å². The maximum Gasteiger partial charge on any atom is 0.150 e. The van der Waals surface area contributed by atoms with Gasteiger partial charge in [0.15, 0.2) is 0 Å². The Morgan fingerprint density at radius 3 is 2.31 bits per heavy atom. The first-order valence-electron chi connectivity index (χ1n) is 11.7. The standard InChI is InChI=1S/C27H30N2O5S/c1-20(31)27-28-14-15-29(27)25(18-30)9-4-21-2-5-23(6-3-21)24-7-10-26(11-8-24)34-19-22-12-16-35(32,33)17-13-22/h2-3,5-8,10-11,14-15,20,22,25,30-31H,12-13,16-19H2,1H3/t20-,25-/m0/s1. The topological polar surface area (TPSA) is 102 Å². The van der Waals surface area contributed by atoms with Crippen molar-refractivity contribution in [3.05, 3.63) is 72.3 Å². The van der Waals surface area contributed by atoms with E-state index in [9.17, 15) is 18.6 Å². The fourth-order valence-electron chi connectivity index (χ4n) is 4.09. The van der Waals surface area contributed by atoms with Crippen molar-refractivity contribution in [2.24, 2.45) is 5.92 Å². The van der Waals surface area contributed by atoms with Crippen LogP contribution in [0.25, 0.3) is 11.1 Å². The van der Waals surface area contributed by atoms with Gasteiger partial charge in [0.2, 0.25) is 0 Å². The molecule has 3 aromatic rings. The van der Waals surface area contributed by atoms with Crippen molar-refractivity contribution in [3.63, 3.8) is 0 Å². The summed E-state index contributed by atoms with van der Waals surface area (Å²) in [4.78, 5) is 4.13. The molecule has 2 N–H and O–H groups in total. The number of rotatable bonds is 7. The molecule has 35 heavy (non-hydrogen) atoms. The van der Waals surface area contributed by atoms with Gasteiger partial charge in [0.05, 0.1) is 24.7 Å². The summed E-state index contributed by atoms with van der Waals surface area (Å²) in [5.74, 6) is 8.19. The Bertz CT molecular complexity index is 1270. The van der Waals surface area contributed by atoms with E-state index in [2.05, 4.69) is 16.8 Å². The van der Waals surface area contributed by atoms with Crippen LogP contribution in [0.3, 0.4) is 0 Å². The van der Waals surface area contributed by atoms with Crippen LogP contribution in [-0.4, -0.2) is 52.9 Å². The van der Waals surface area contributed by atoms with Crippen molar-refractivity contribution < 1.29 is 23.4 Å². The summed E-state index contributed by atoms with van der Waals surface area (Å²) in [6.45, 7) is 1.98. The summed E-state index contributed by atoms with van der Waals surface area (Å²) >= 11 is 0. The van der Waals surface area contributed by atoms with Crippen LogP contribution in [0.1, 0.15) is 43.3 Å². The van der Waals surface area contributed by atoms with Crippen molar-refractivity contribution in [2.45, 2.75) is 31.9 Å². The number of benzene rings is 2. The van der Waals surface area contributed by atoms with E-state index in [4.69, 9.17) is 4.74 Å². The van der Waals surface area contributed by atoms with Gasteiger partial charge in [-0.1, -0.05) is 36.1 Å². The minimum Gasteiger partial charge on any atom is -0.493 e. The third kappa shape index (κ3) is 6.51. The van der Waals surface area contributed by atoms with Gasteiger partial charge in [-0.15, -0.1) is 0 Å². The molecule has 1 aromatic heterocycles. The SMILES string of the molecule is C[C@H](O)c1nccn1[C@@H](C#Cc1ccc(-c2ccc(OCC3CCS(=O)(=O)CC3)cc2)cc1)CO. The van der Waals surface area contributed by atoms with Crippen LogP contribution >= 0.6 is 0 Å². The average molecular weight is 495 g/mol. The lowest BCUT2D eigenvalue weighted by atomic mass is 10.0. The molecular weight excluding hydrogens is 464 g/mol. The van der Waals surface area contributed by atoms with E-state index in [0.29, 0.717) is 25.3 Å². The molecule has 4 rings (SSSR count). The van der Waals surface area contributed by atoms with Crippen LogP contribution in [0.5, 0.6) is 5.75 Å². The van der Waals surface area contributed by atoms with Gasteiger partial charge in [0.25, 0.3) is 0 Å². The van der Waals surface area contributed by atoms with E-state index in [0.717, 1.165) is 22.4 Å². The van der Waals surface area contributed by atoms with Crippen molar-refractivity contribution in [2.75, 3.05) is 24.7 Å². The summed E-state index contributed by atoms with van der Waals surface area (Å²) in [5, 5.41) is 19.6. The molecule has 2 heterocycles. The fourth-order valence-corrected chi connectivity index (χ4v) is 5.68. The minimum absolute atomic E-state index is 0.185. The van der Waals surface area contributed by atoms with Gasteiger partial charge >= 0.3 is 0 Å². The zero-order chi connectivity index (χ0) is 24.8. The van der Waals surface area contributed by atoms with E-state index in [1.807, 2.05) is 48.5 Å². The molecule has 0 amide bonds. The second-order valence-electron chi connectivity index (χ2n) is 8.84. The molecule has 1 saturated heterocycles. The molecule has 0 aliphatic carbocycles. The third-order valence-corrected chi connectivity index (χ3v) is 7.91. The molecule has 0 unspecified atom stereocenters. The summed E-state index contributed by atoms with van der Waals surface area (Å²) in [6.07, 6.45) is 3.87. The predicted molar refractivity (Wildman–Crippen MR) is 135 cm³/mol. The number of sulfone groups is 1. The molecule has 2 atom stereocenters. The number of aromatic nitrogens is 2. The number of aliphatic hydroxyl groups is 2. The van der Waals surface area contributed by atoms with Crippen LogP contribution in [0.15, 0.2) is 60.9 Å². The highest BCUT2D eigenvalue weighted by atomic mass is 32.2. The zero-order valence-corrected chi connectivity index (χ0v) is 20.5. The molecule has 0 spiro atoms. The van der Waals surface area contributed by atoms with Crippen molar-refractivity contribution in [3.8, 4) is 28.7 Å². The van der Waals surface area contributed by atoms with E-state index < -0.39 is 22.0 Å². The second kappa shape index (κ2) is 11.1. The van der Waals surface area contributed by atoms with Gasteiger partial charge < -0.3 is 19.5 Å². The molecule has 2 aromatic carbocycles. The Morgan fingerprint density at radius 1 is 1.09 bits per heavy atom. The molecule has 0 saturated carbocycles. The molecule has 0 radical (unpaired) electrons. The number of hydrogen-bond acceptors (Lipinski definition) is 6. The Hall–Kier alpha value is -3.12. The molecule has 7 nitrogen and oxygen atoms in total. The number of ether oxygens (including phenoxy) is 1. The smallest absolute Gasteiger partial charge is 0.150 e. The van der Waals surface area contributed by atoms with E-state index in [-0.39, 0.29) is 24.0 Å². The molecule has 184 valence electrons. The van der Waals surface area contributed by atoms with Crippen LogP contribution in [-0.2, 0) is 9.84 Å². The molecule has 1 aliphatic rings. The molecule has 8 heteroatoms. The van der Waals surface area contributed by atoms with Crippen molar-refractivity contribution in [1.82, 2.24) is 9.55 Å². The summed E-state index contributed by atoms with van der Waals surface area (Å²) < 4.78 is 30.7. The van der Waals surface area contributed by atoms with E-state index in [1.54, 1.807) is 23.9 Å². The van der Waals surface area contributed by atoms with Gasteiger partial charge in [-0.2, -0.15) is 0 Å². The summed E-state index contributed by atoms with van der Waals surface area (Å²) in [7, 11) is -2.85. The van der Waals surface area contributed by atoms with Gasteiger partial charge in [-0.05, 0) is 61.1 Å². The number of imidazole rings is 1. The van der Waals surface area contributed by atoms with E-state index >= 15 is 0 Å². The first-order chi connectivity index (χ1) is 16.8. The first-order valence-corrected chi connectivity index (χ1v) is 13.5. The highest BCUT2D eigenvalue weighted by Gasteiger charge is 2.24. The van der Waals surface area contributed by atoms with Crippen LogP contribution in [0.4, 0.5) is 0 Å². The van der Waals surface area contributed by atoms with E-state index in [1.165, 1.54) is 0 Å². The maximum absolute atomic E-state index is 11.6. The van der Waals surface area contributed by atoms with Crippen molar-refractivity contribution in [1.29, 1.82) is 0 Å². The second-order valence-corrected chi connectivity index (χ2v) is 11.1. The third-order valence-electron chi connectivity index (χ3n) is 6.20. The minimum atomic E-state index is -2.85. The Labute approximate surface area is 206 Å². The predicted octanol–water partition coefficient (Wildman–Crippen LogP) is 3.39. The lowest BCUT2D eigenvalue weighted by Gasteiger charge is -2.22. The Kier molecular flexibility index (Phi) is 7.91. The van der Waals surface area contributed by atoms with Gasteiger partial charge in [0, 0.05) is 18.0 Å². The van der Waals surface area contributed by atoms with Crippen LogP contribution in [0.2, 0.25) is 0 Å². The monoisotopic (exact) mass is 494 g/mol. The lowest BCUT2D eigenvalue weighted by Crippen LogP contribution is -2.26.